The van der Waals surface area contributed by atoms with Gasteiger partial charge in [0.05, 0.1) is 4.88 Å². The summed E-state index contributed by atoms with van der Waals surface area (Å²) in [6, 6.07) is 1.91. The fourth-order valence-electron chi connectivity index (χ4n) is 0.832. The van der Waals surface area contributed by atoms with Crippen LogP contribution in [-0.4, -0.2) is 12.3 Å². The molecule has 0 saturated heterocycles. The van der Waals surface area contributed by atoms with Crippen molar-refractivity contribution in [2.75, 3.05) is 6.54 Å². The van der Waals surface area contributed by atoms with E-state index in [0.717, 1.165) is 10.4 Å². The topological polar surface area (TPSA) is 43.1 Å². The lowest BCUT2D eigenvalue weighted by Crippen LogP contribution is -2.06. The summed E-state index contributed by atoms with van der Waals surface area (Å²) in [5, 5.41) is 1.98. The quantitative estimate of drug-likeness (QED) is 0.698. The van der Waals surface area contributed by atoms with Crippen LogP contribution in [0.2, 0.25) is 0 Å². The van der Waals surface area contributed by atoms with Gasteiger partial charge in [0.1, 0.15) is 0 Å². The van der Waals surface area contributed by atoms with Gasteiger partial charge in [0.2, 0.25) is 0 Å². The first-order valence-electron chi connectivity index (χ1n) is 3.52. The molecule has 2 nitrogen and oxygen atoms in total. The molecule has 0 aromatic carbocycles. The summed E-state index contributed by atoms with van der Waals surface area (Å²) < 4.78 is 0. The van der Waals surface area contributed by atoms with Gasteiger partial charge in [-0.15, -0.1) is 11.3 Å². The Kier molecular flexibility index (Phi) is 2.79. The van der Waals surface area contributed by atoms with Crippen molar-refractivity contribution in [3.05, 3.63) is 21.9 Å². The monoisotopic (exact) mass is 169 g/mol. The zero-order valence-corrected chi connectivity index (χ0v) is 7.28. The van der Waals surface area contributed by atoms with Crippen molar-refractivity contribution in [1.29, 1.82) is 0 Å². The standard InChI is InChI=1S/C8H11NOS/c1-6-4-8(11-5-6)7(10)2-3-9/h4-5H,2-3,9H2,1H3. The van der Waals surface area contributed by atoms with Gasteiger partial charge in [0.25, 0.3) is 0 Å². The minimum Gasteiger partial charge on any atom is -0.330 e. The molecule has 1 aromatic rings. The SMILES string of the molecule is Cc1csc(C(=O)CCN)c1. The number of carbonyl (C=O) groups excluding carboxylic acids is 1. The predicted octanol–water partition coefficient (Wildman–Crippen LogP) is 1.59. The number of carbonyl (C=O) groups is 1. The minimum absolute atomic E-state index is 0.158. The van der Waals surface area contributed by atoms with Gasteiger partial charge in [-0.1, -0.05) is 0 Å². The van der Waals surface area contributed by atoms with Gasteiger partial charge in [0.15, 0.2) is 5.78 Å². The summed E-state index contributed by atoms with van der Waals surface area (Å²) in [7, 11) is 0. The Labute approximate surface area is 70.0 Å². The summed E-state index contributed by atoms with van der Waals surface area (Å²) in [4.78, 5) is 12.0. The van der Waals surface area contributed by atoms with Crippen molar-refractivity contribution in [3.63, 3.8) is 0 Å². The summed E-state index contributed by atoms with van der Waals surface area (Å²) in [6.07, 6.45) is 0.458. The summed E-state index contributed by atoms with van der Waals surface area (Å²) in [6.45, 7) is 2.42. The molecule has 1 heterocycles. The fourth-order valence-corrected chi connectivity index (χ4v) is 1.70. The smallest absolute Gasteiger partial charge is 0.174 e. The van der Waals surface area contributed by atoms with Crippen molar-refractivity contribution in [2.45, 2.75) is 13.3 Å². The molecule has 0 unspecified atom stereocenters. The Bertz CT molecular complexity index is 254. The summed E-state index contributed by atoms with van der Waals surface area (Å²) >= 11 is 1.49. The number of nitrogens with two attached hydrogens (primary N) is 1. The van der Waals surface area contributed by atoms with Gasteiger partial charge >= 0.3 is 0 Å². The first kappa shape index (κ1) is 8.43. The molecule has 0 radical (unpaired) electrons. The van der Waals surface area contributed by atoms with E-state index in [2.05, 4.69) is 0 Å². The average Bonchev–Trinajstić information content (AvgIpc) is 2.36. The number of thiophene rings is 1. The summed E-state index contributed by atoms with van der Waals surface area (Å²) in [5.41, 5.74) is 6.41. The molecule has 0 bridgehead atoms. The zero-order chi connectivity index (χ0) is 8.27. The number of hydrogen-bond donors (Lipinski definition) is 1. The third kappa shape index (κ3) is 2.13. The van der Waals surface area contributed by atoms with E-state index in [0.29, 0.717) is 13.0 Å². The molecule has 0 aliphatic heterocycles. The molecule has 3 heteroatoms. The van der Waals surface area contributed by atoms with E-state index in [1.807, 2.05) is 18.4 Å². The molecule has 0 fully saturated rings. The van der Waals surface area contributed by atoms with Crippen molar-refractivity contribution < 1.29 is 4.79 Å². The van der Waals surface area contributed by atoms with Crippen LogP contribution in [0.3, 0.4) is 0 Å². The van der Waals surface area contributed by atoms with E-state index in [1.54, 1.807) is 0 Å². The fraction of sp³-hybridized carbons (Fsp3) is 0.375. The van der Waals surface area contributed by atoms with E-state index in [-0.39, 0.29) is 5.78 Å². The van der Waals surface area contributed by atoms with Crippen molar-refractivity contribution >= 4 is 17.1 Å². The highest BCUT2D eigenvalue weighted by Crippen LogP contribution is 2.14. The Morgan fingerprint density at radius 1 is 1.73 bits per heavy atom. The number of ketones is 1. The van der Waals surface area contributed by atoms with Crippen molar-refractivity contribution in [3.8, 4) is 0 Å². The lowest BCUT2D eigenvalue weighted by molar-refractivity contribution is 0.0989. The molecule has 60 valence electrons. The Morgan fingerprint density at radius 3 is 2.91 bits per heavy atom. The van der Waals surface area contributed by atoms with E-state index in [9.17, 15) is 4.79 Å². The van der Waals surface area contributed by atoms with Gasteiger partial charge in [-0.2, -0.15) is 0 Å². The van der Waals surface area contributed by atoms with E-state index in [1.165, 1.54) is 11.3 Å². The second-order valence-electron chi connectivity index (χ2n) is 2.45. The number of hydrogen-bond acceptors (Lipinski definition) is 3. The predicted molar refractivity (Wildman–Crippen MR) is 47.1 cm³/mol. The zero-order valence-electron chi connectivity index (χ0n) is 6.46. The number of aryl methyl sites for hydroxylation is 1. The first-order valence-corrected chi connectivity index (χ1v) is 4.40. The molecule has 0 aliphatic rings. The number of Topliss-reactive ketones (excluding diaryl/α,β-unsaturated/α-hetero) is 1. The van der Waals surface area contributed by atoms with Crippen LogP contribution < -0.4 is 5.73 Å². The highest BCUT2D eigenvalue weighted by Gasteiger charge is 2.05. The van der Waals surface area contributed by atoms with Crippen LogP contribution in [-0.2, 0) is 0 Å². The van der Waals surface area contributed by atoms with Gasteiger partial charge in [0, 0.05) is 6.42 Å². The van der Waals surface area contributed by atoms with Crippen molar-refractivity contribution in [1.82, 2.24) is 0 Å². The van der Waals surface area contributed by atoms with Crippen LogP contribution in [0.25, 0.3) is 0 Å². The van der Waals surface area contributed by atoms with Gasteiger partial charge < -0.3 is 5.73 Å². The maximum Gasteiger partial charge on any atom is 0.174 e. The third-order valence-electron chi connectivity index (χ3n) is 1.38. The number of rotatable bonds is 3. The largest absolute Gasteiger partial charge is 0.330 e. The lowest BCUT2D eigenvalue weighted by atomic mass is 10.2. The molecule has 1 rings (SSSR count). The van der Waals surface area contributed by atoms with Crippen LogP contribution in [0.15, 0.2) is 11.4 Å². The van der Waals surface area contributed by atoms with E-state index in [4.69, 9.17) is 5.73 Å². The highest BCUT2D eigenvalue weighted by molar-refractivity contribution is 7.12. The summed E-state index contributed by atoms with van der Waals surface area (Å²) in [5.74, 6) is 0.158. The molecule has 11 heavy (non-hydrogen) atoms. The minimum atomic E-state index is 0.158. The molecular formula is C8H11NOS. The second kappa shape index (κ2) is 3.64. The van der Waals surface area contributed by atoms with Crippen LogP contribution in [0, 0.1) is 6.92 Å². The van der Waals surface area contributed by atoms with E-state index < -0.39 is 0 Å². The lowest BCUT2D eigenvalue weighted by Gasteiger charge is -1.91. The van der Waals surface area contributed by atoms with Crippen LogP contribution in [0.4, 0.5) is 0 Å². The molecule has 0 saturated carbocycles. The van der Waals surface area contributed by atoms with Crippen LogP contribution in [0.1, 0.15) is 21.7 Å². The first-order chi connectivity index (χ1) is 5.24. The highest BCUT2D eigenvalue weighted by atomic mass is 32.1. The maximum atomic E-state index is 11.2. The Balaban J connectivity index is 2.69. The molecule has 0 amide bonds. The molecule has 0 spiro atoms. The Morgan fingerprint density at radius 2 is 2.45 bits per heavy atom. The molecule has 2 N–H and O–H groups in total. The average molecular weight is 169 g/mol. The van der Waals surface area contributed by atoms with Gasteiger partial charge in [-0.3, -0.25) is 4.79 Å². The Hall–Kier alpha value is -0.670. The third-order valence-corrected chi connectivity index (χ3v) is 2.47. The molecule has 0 atom stereocenters. The molecule has 1 aromatic heterocycles. The van der Waals surface area contributed by atoms with Crippen LogP contribution >= 0.6 is 11.3 Å². The van der Waals surface area contributed by atoms with Gasteiger partial charge in [-0.25, -0.2) is 0 Å². The molecular weight excluding hydrogens is 158 g/mol. The molecule has 0 aliphatic carbocycles. The van der Waals surface area contributed by atoms with Crippen LogP contribution in [0.5, 0.6) is 0 Å². The maximum absolute atomic E-state index is 11.2. The second-order valence-corrected chi connectivity index (χ2v) is 3.36. The normalized spacial score (nSPS) is 10.0. The van der Waals surface area contributed by atoms with E-state index >= 15 is 0 Å². The van der Waals surface area contributed by atoms with Gasteiger partial charge in [-0.05, 0) is 30.5 Å². The van der Waals surface area contributed by atoms with Crippen molar-refractivity contribution in [2.24, 2.45) is 5.73 Å².